The average molecular weight is 523 g/mol. The van der Waals surface area contributed by atoms with Crippen LogP contribution in [0.1, 0.15) is 57.7 Å². The summed E-state index contributed by atoms with van der Waals surface area (Å²) in [5, 5.41) is 11.7. The van der Waals surface area contributed by atoms with Gasteiger partial charge in [0.15, 0.2) is 6.29 Å². The molecule has 2 aromatic heterocycles. The van der Waals surface area contributed by atoms with Crippen LogP contribution in [0.3, 0.4) is 0 Å². The second-order valence-corrected chi connectivity index (χ2v) is 9.92. The topological polar surface area (TPSA) is 93.5 Å². The first-order chi connectivity index (χ1) is 17.5. The molecule has 1 aliphatic heterocycles. The Morgan fingerprint density at radius 2 is 2.11 bits per heavy atom. The van der Waals surface area contributed by atoms with Crippen molar-refractivity contribution >= 4 is 22.8 Å². The summed E-state index contributed by atoms with van der Waals surface area (Å²) in [4.78, 5) is 17.1. The predicted molar refractivity (Wildman–Crippen MR) is 136 cm³/mol. The molecule has 1 unspecified atom stereocenters. The lowest BCUT2D eigenvalue weighted by molar-refractivity contribution is -0.680. The Labute approximate surface area is 216 Å². The Hall–Kier alpha value is -2.20. The van der Waals surface area contributed by atoms with E-state index in [0.717, 1.165) is 62.4 Å². The summed E-state index contributed by atoms with van der Waals surface area (Å²) in [6.45, 7) is 5.45. The molecule has 2 aromatic rings. The molecular weight excluding hydrogens is 484 g/mol. The van der Waals surface area contributed by atoms with Crippen LogP contribution >= 0.6 is 11.6 Å². The maximum absolute atomic E-state index is 13.7. The van der Waals surface area contributed by atoms with Gasteiger partial charge in [-0.2, -0.15) is 9.13 Å². The molecule has 2 aliphatic rings. The smallest absolute Gasteiger partial charge is 0.400 e. The second-order valence-electron chi connectivity index (χ2n) is 9.43. The molecule has 3 heterocycles. The van der Waals surface area contributed by atoms with E-state index in [4.69, 9.17) is 25.8 Å². The van der Waals surface area contributed by atoms with E-state index in [9.17, 15) is 9.90 Å². The molecule has 0 aromatic carbocycles. The van der Waals surface area contributed by atoms with Gasteiger partial charge in [-0.3, -0.25) is 0 Å². The van der Waals surface area contributed by atoms with Gasteiger partial charge in [0.25, 0.3) is 11.3 Å². The first-order valence-corrected chi connectivity index (χ1v) is 13.5. The van der Waals surface area contributed by atoms with Crippen LogP contribution in [0.2, 0.25) is 0 Å². The van der Waals surface area contributed by atoms with Crippen molar-refractivity contribution in [3.63, 3.8) is 0 Å². The molecule has 4 rings (SSSR count). The first-order valence-electron chi connectivity index (χ1n) is 13.1. The number of hydrogen-bond acceptors (Lipinski definition) is 5. The van der Waals surface area contributed by atoms with Gasteiger partial charge < -0.3 is 19.3 Å². The molecule has 9 nitrogen and oxygen atoms in total. The molecule has 0 saturated carbocycles. The van der Waals surface area contributed by atoms with Gasteiger partial charge in [0.05, 0.1) is 26.6 Å². The van der Waals surface area contributed by atoms with E-state index < -0.39 is 0 Å². The maximum atomic E-state index is 13.7. The Morgan fingerprint density at radius 1 is 1.25 bits per heavy atom. The molecule has 1 fully saturated rings. The van der Waals surface area contributed by atoms with Gasteiger partial charge in [-0.1, -0.05) is 17.7 Å². The number of aromatic nitrogens is 4. The largest absolute Gasteiger partial charge is 0.458 e. The number of aromatic hydroxyl groups is 1. The minimum Gasteiger partial charge on any atom is -0.458 e. The van der Waals surface area contributed by atoms with Gasteiger partial charge in [-0.05, 0) is 57.1 Å². The van der Waals surface area contributed by atoms with E-state index in [2.05, 4.69) is 9.55 Å². The Bertz CT molecular complexity index is 1160. The number of aromatic amines is 1. The van der Waals surface area contributed by atoms with Crippen LogP contribution in [0.25, 0.3) is 11.2 Å². The van der Waals surface area contributed by atoms with Gasteiger partial charge in [0, 0.05) is 31.3 Å². The van der Waals surface area contributed by atoms with E-state index in [1.54, 1.807) is 11.6 Å². The highest BCUT2D eigenvalue weighted by Crippen LogP contribution is 2.22. The lowest BCUT2D eigenvalue weighted by atomic mass is 10.0. The van der Waals surface area contributed by atoms with E-state index >= 15 is 0 Å². The third kappa shape index (κ3) is 6.37. The van der Waals surface area contributed by atoms with E-state index in [-0.39, 0.29) is 17.9 Å². The molecule has 2 N–H and O–H groups in total. The zero-order valence-corrected chi connectivity index (χ0v) is 22.2. The number of allylic oxidation sites excluding steroid dienone is 4. The van der Waals surface area contributed by atoms with Crippen molar-refractivity contribution < 1.29 is 28.5 Å². The van der Waals surface area contributed by atoms with Gasteiger partial charge in [0.1, 0.15) is 6.54 Å². The van der Waals surface area contributed by atoms with Crippen molar-refractivity contribution in [2.45, 2.75) is 77.7 Å². The Balaban J connectivity index is 1.61. The number of nitrogens with one attached hydrogen (secondary N) is 1. The van der Waals surface area contributed by atoms with Crippen LogP contribution in [0.5, 0.6) is 6.01 Å². The van der Waals surface area contributed by atoms with E-state index in [1.165, 1.54) is 10.1 Å². The van der Waals surface area contributed by atoms with Crippen molar-refractivity contribution in [3.8, 4) is 6.01 Å². The van der Waals surface area contributed by atoms with Crippen molar-refractivity contribution in [1.29, 1.82) is 0 Å². The highest BCUT2D eigenvalue weighted by Gasteiger charge is 2.31. The maximum Gasteiger partial charge on any atom is 0.400 e. The van der Waals surface area contributed by atoms with Crippen LogP contribution in [0.4, 0.5) is 0 Å². The molecule has 36 heavy (non-hydrogen) atoms. The molecule has 1 aliphatic carbocycles. The molecule has 0 spiro atoms. The number of H-pyrrole nitrogens is 1. The summed E-state index contributed by atoms with van der Waals surface area (Å²) in [6.07, 6.45) is 10.7. The van der Waals surface area contributed by atoms with Crippen LogP contribution < -0.4 is 14.7 Å². The molecule has 10 heteroatoms. The molecule has 0 amide bonds. The summed E-state index contributed by atoms with van der Waals surface area (Å²) in [6, 6.07) is -0.0812. The summed E-state index contributed by atoms with van der Waals surface area (Å²) in [5.74, 6) is 0.939. The van der Waals surface area contributed by atoms with Crippen LogP contribution in [0.15, 0.2) is 27.6 Å². The van der Waals surface area contributed by atoms with Gasteiger partial charge in [0.2, 0.25) is 0 Å². The number of rotatable bonds is 12. The Morgan fingerprint density at radius 3 is 2.83 bits per heavy atom. The number of halogens is 1. The highest BCUT2D eigenvalue weighted by molar-refractivity contribution is 6.29. The summed E-state index contributed by atoms with van der Waals surface area (Å²) < 4.78 is 22.1. The highest BCUT2D eigenvalue weighted by atomic mass is 35.5. The standard InChI is InChI=1S/C26H37ClN4O5/c1-3-34-15-6-8-21-28-24-23(31(21)18-19-10-12-20(27)13-11-19)25(32)30(26(33)29(24)2)14-7-17-36-22-9-4-5-16-35-22/h10,12,22H,3-9,11,13-18H2,1-2H3/p+2. The molecule has 1 atom stereocenters. The Kier molecular flexibility index (Phi) is 9.59. The van der Waals surface area contributed by atoms with Crippen LogP contribution in [0, 0.1) is 0 Å². The monoisotopic (exact) mass is 522 g/mol. The van der Waals surface area contributed by atoms with Crippen molar-refractivity contribution in [3.05, 3.63) is 38.9 Å². The average Bonchev–Trinajstić information content (AvgIpc) is 3.25. The minimum absolute atomic E-state index is 0.0812. The van der Waals surface area contributed by atoms with Gasteiger partial charge >= 0.3 is 17.2 Å². The first kappa shape index (κ1) is 26.9. The lowest BCUT2D eigenvalue weighted by Crippen LogP contribution is -2.46. The fourth-order valence-electron chi connectivity index (χ4n) is 4.81. The normalized spacial score (nSPS) is 18.5. The summed E-state index contributed by atoms with van der Waals surface area (Å²) >= 11 is 6.17. The lowest BCUT2D eigenvalue weighted by Gasteiger charge is -2.22. The quantitative estimate of drug-likeness (QED) is 0.330. The number of ether oxygens (including phenoxy) is 3. The zero-order chi connectivity index (χ0) is 25.5. The van der Waals surface area contributed by atoms with Gasteiger partial charge in [-0.15, -0.1) is 0 Å². The SMILES string of the molecule is CCOCCCc1[nH]c2c(c(=O)n(CCCOC3CCCCO3)c(O)[n+]2C)[n+]1CC1=CC=C(Cl)CC1. The minimum atomic E-state index is -0.216. The van der Waals surface area contributed by atoms with Crippen molar-refractivity contribution in [2.24, 2.45) is 7.05 Å². The molecule has 198 valence electrons. The predicted octanol–water partition coefficient (Wildman–Crippen LogP) is 2.89. The molecule has 0 bridgehead atoms. The number of aryl methyl sites for hydroxylation is 2. The summed E-state index contributed by atoms with van der Waals surface area (Å²) in [7, 11) is 1.77. The molecule has 0 radical (unpaired) electrons. The number of hydrogen-bond donors (Lipinski definition) is 2. The fraction of sp³-hybridized carbons (Fsp3) is 0.654. The fourth-order valence-corrected chi connectivity index (χ4v) is 4.97. The zero-order valence-electron chi connectivity index (χ0n) is 21.4. The van der Waals surface area contributed by atoms with Crippen LogP contribution in [-0.2, 0) is 40.8 Å². The van der Waals surface area contributed by atoms with Crippen LogP contribution in [-0.4, -0.2) is 47.4 Å². The second kappa shape index (κ2) is 12.9. The van der Waals surface area contributed by atoms with Gasteiger partial charge in [-0.25, -0.2) is 14.3 Å². The third-order valence-electron chi connectivity index (χ3n) is 6.83. The number of nitrogens with zero attached hydrogens (tertiary/aromatic N) is 3. The number of imidazole rings is 1. The van der Waals surface area contributed by atoms with Crippen molar-refractivity contribution in [2.75, 3.05) is 26.4 Å². The third-order valence-corrected chi connectivity index (χ3v) is 7.14. The molecular formula is C26H39ClN4O5+2. The van der Waals surface area contributed by atoms with Crippen molar-refractivity contribution in [1.82, 2.24) is 9.55 Å². The van der Waals surface area contributed by atoms with E-state index in [0.29, 0.717) is 50.5 Å². The van der Waals surface area contributed by atoms with E-state index in [1.807, 2.05) is 19.1 Å². The summed E-state index contributed by atoms with van der Waals surface area (Å²) in [5.41, 5.74) is 2.16. The number of fused-ring (bicyclic) bond motifs is 1. The molecule has 1 saturated heterocycles.